The van der Waals surface area contributed by atoms with E-state index in [0.29, 0.717) is 18.4 Å². The number of hydrogen-bond acceptors (Lipinski definition) is 3. The van der Waals surface area contributed by atoms with E-state index in [0.717, 1.165) is 13.0 Å². The fourth-order valence-corrected chi connectivity index (χ4v) is 1.92. The van der Waals surface area contributed by atoms with Crippen LogP contribution in [0.5, 0.6) is 0 Å². The van der Waals surface area contributed by atoms with Crippen molar-refractivity contribution in [1.82, 2.24) is 4.90 Å². The normalized spacial score (nSPS) is 34.1. The summed E-state index contributed by atoms with van der Waals surface area (Å²) in [5.41, 5.74) is 0. The van der Waals surface area contributed by atoms with Crippen molar-refractivity contribution in [2.45, 2.75) is 45.8 Å². The van der Waals surface area contributed by atoms with Crippen LogP contribution in [0.1, 0.15) is 33.6 Å². The fourth-order valence-electron chi connectivity index (χ4n) is 1.92. The molecule has 1 aliphatic heterocycles. The molecule has 1 rings (SSSR count). The first-order valence-corrected chi connectivity index (χ1v) is 5.44. The Hall–Kier alpha value is -0.570. The smallest absolute Gasteiger partial charge is 0.305 e. The van der Waals surface area contributed by atoms with Gasteiger partial charge in [-0.25, -0.2) is 0 Å². The maximum Gasteiger partial charge on any atom is 0.305 e. The number of ether oxygens (including phenoxy) is 1. The Kier molecular flexibility index (Phi) is 3.93. The summed E-state index contributed by atoms with van der Waals surface area (Å²) in [6.45, 7) is 7.18. The van der Waals surface area contributed by atoms with Gasteiger partial charge in [-0.1, -0.05) is 13.8 Å². The van der Waals surface area contributed by atoms with Crippen molar-refractivity contribution in [2.75, 3.05) is 13.6 Å². The first-order valence-electron chi connectivity index (χ1n) is 5.44. The van der Waals surface area contributed by atoms with Crippen LogP contribution in [0.2, 0.25) is 0 Å². The second-order valence-electron chi connectivity index (χ2n) is 4.38. The highest BCUT2D eigenvalue weighted by atomic mass is 16.5. The number of rotatable bonds is 2. The summed E-state index contributed by atoms with van der Waals surface area (Å²) in [5.74, 6) is 0.380. The van der Waals surface area contributed by atoms with Crippen LogP contribution >= 0.6 is 0 Å². The summed E-state index contributed by atoms with van der Waals surface area (Å²) < 4.78 is 5.41. The lowest BCUT2D eigenvalue weighted by Crippen LogP contribution is -2.46. The third kappa shape index (κ3) is 2.71. The van der Waals surface area contributed by atoms with E-state index < -0.39 is 0 Å². The quantitative estimate of drug-likeness (QED) is 0.634. The lowest BCUT2D eigenvalue weighted by molar-refractivity contribution is -0.155. The number of carbonyl (C=O) groups excluding carboxylic acids is 1. The average molecular weight is 199 g/mol. The first-order chi connectivity index (χ1) is 6.54. The Morgan fingerprint density at radius 3 is 2.71 bits per heavy atom. The molecule has 0 aliphatic carbocycles. The third-order valence-corrected chi connectivity index (χ3v) is 3.11. The summed E-state index contributed by atoms with van der Waals surface area (Å²) in [4.78, 5) is 13.5. The molecule has 0 bridgehead atoms. The van der Waals surface area contributed by atoms with Crippen molar-refractivity contribution in [3.05, 3.63) is 0 Å². The molecule has 1 heterocycles. The Labute approximate surface area is 86.4 Å². The van der Waals surface area contributed by atoms with Crippen molar-refractivity contribution in [3.8, 4) is 0 Å². The maximum atomic E-state index is 11.2. The van der Waals surface area contributed by atoms with Gasteiger partial charge in [0.25, 0.3) is 0 Å². The zero-order valence-electron chi connectivity index (χ0n) is 9.62. The molecular formula is C11H21NO2. The van der Waals surface area contributed by atoms with Crippen molar-refractivity contribution in [2.24, 2.45) is 5.92 Å². The second kappa shape index (κ2) is 4.78. The van der Waals surface area contributed by atoms with E-state index in [2.05, 4.69) is 25.8 Å². The molecule has 1 saturated heterocycles. The van der Waals surface area contributed by atoms with Gasteiger partial charge < -0.3 is 9.64 Å². The van der Waals surface area contributed by atoms with Crippen LogP contribution in [0.15, 0.2) is 0 Å². The lowest BCUT2D eigenvalue weighted by Gasteiger charge is -2.38. The van der Waals surface area contributed by atoms with E-state index in [9.17, 15) is 4.79 Å². The van der Waals surface area contributed by atoms with Gasteiger partial charge in [0.2, 0.25) is 0 Å². The minimum atomic E-state index is -0.0707. The number of hydrogen-bond donors (Lipinski definition) is 0. The highest BCUT2D eigenvalue weighted by Gasteiger charge is 2.31. The van der Waals surface area contributed by atoms with Crippen molar-refractivity contribution in [1.29, 1.82) is 0 Å². The topological polar surface area (TPSA) is 29.5 Å². The van der Waals surface area contributed by atoms with Gasteiger partial charge in [-0.2, -0.15) is 0 Å². The average Bonchev–Trinajstić information content (AvgIpc) is 2.14. The summed E-state index contributed by atoms with van der Waals surface area (Å²) in [5, 5.41) is 0. The summed E-state index contributed by atoms with van der Waals surface area (Å²) in [7, 11) is 2.12. The van der Waals surface area contributed by atoms with Crippen LogP contribution in [0.25, 0.3) is 0 Å². The predicted octanol–water partition coefficient (Wildman–Crippen LogP) is 1.67. The van der Waals surface area contributed by atoms with Crippen LogP contribution in [-0.2, 0) is 9.53 Å². The molecule has 0 radical (unpaired) electrons. The van der Waals surface area contributed by atoms with Crippen LogP contribution in [-0.4, -0.2) is 36.6 Å². The van der Waals surface area contributed by atoms with Crippen LogP contribution < -0.4 is 0 Å². The number of carbonyl (C=O) groups is 1. The van der Waals surface area contributed by atoms with E-state index in [1.54, 1.807) is 0 Å². The maximum absolute atomic E-state index is 11.2. The van der Waals surface area contributed by atoms with Crippen LogP contribution in [0.4, 0.5) is 0 Å². The summed E-state index contributed by atoms with van der Waals surface area (Å²) in [6.07, 6.45) is 1.56. The minimum absolute atomic E-state index is 0.0707. The first kappa shape index (κ1) is 11.5. The van der Waals surface area contributed by atoms with Gasteiger partial charge in [0.15, 0.2) is 0 Å². The lowest BCUT2D eigenvalue weighted by atomic mass is 9.92. The molecular weight excluding hydrogens is 178 g/mol. The summed E-state index contributed by atoms with van der Waals surface area (Å²) in [6, 6.07) is 0.515. The molecule has 3 heteroatoms. The Morgan fingerprint density at radius 2 is 2.14 bits per heavy atom. The number of likely N-dealkylation sites (tertiary alicyclic amines) is 1. The standard InChI is InChI=1S/C11H21NO2/c1-5-11(13)14-10-6-9(3)12(4)7-8(10)2/h8-10H,5-7H2,1-4H3/t8-,9-,10-/m1/s1. The number of esters is 1. The van der Waals surface area contributed by atoms with E-state index >= 15 is 0 Å². The van der Waals surface area contributed by atoms with Crippen LogP contribution in [0, 0.1) is 5.92 Å². The van der Waals surface area contributed by atoms with Gasteiger partial charge in [-0.3, -0.25) is 4.79 Å². The molecule has 0 aromatic carbocycles. The van der Waals surface area contributed by atoms with Crippen LogP contribution in [0.3, 0.4) is 0 Å². The van der Waals surface area contributed by atoms with Gasteiger partial charge in [0.1, 0.15) is 6.10 Å². The molecule has 0 saturated carbocycles. The van der Waals surface area contributed by atoms with Gasteiger partial charge in [0, 0.05) is 24.9 Å². The predicted molar refractivity (Wildman–Crippen MR) is 56.0 cm³/mol. The molecule has 0 unspecified atom stereocenters. The van der Waals surface area contributed by atoms with Crippen molar-refractivity contribution in [3.63, 3.8) is 0 Å². The second-order valence-corrected chi connectivity index (χ2v) is 4.38. The highest BCUT2D eigenvalue weighted by Crippen LogP contribution is 2.23. The molecule has 82 valence electrons. The van der Waals surface area contributed by atoms with Gasteiger partial charge >= 0.3 is 5.97 Å². The number of nitrogens with zero attached hydrogens (tertiary/aromatic N) is 1. The van der Waals surface area contributed by atoms with E-state index in [1.807, 2.05) is 6.92 Å². The zero-order valence-corrected chi connectivity index (χ0v) is 9.62. The van der Waals surface area contributed by atoms with Crippen molar-refractivity contribution >= 4 is 5.97 Å². The molecule has 0 spiro atoms. The molecule has 1 aliphatic rings. The van der Waals surface area contributed by atoms with Gasteiger partial charge in [0.05, 0.1) is 0 Å². The monoisotopic (exact) mass is 199 g/mol. The largest absolute Gasteiger partial charge is 0.462 e. The van der Waals surface area contributed by atoms with E-state index in [1.165, 1.54) is 0 Å². The minimum Gasteiger partial charge on any atom is -0.462 e. The molecule has 1 fully saturated rings. The molecule has 3 atom stereocenters. The van der Waals surface area contributed by atoms with Gasteiger partial charge in [-0.05, 0) is 20.4 Å². The highest BCUT2D eigenvalue weighted by molar-refractivity contribution is 5.69. The fraction of sp³-hybridized carbons (Fsp3) is 0.909. The van der Waals surface area contributed by atoms with Gasteiger partial charge in [-0.15, -0.1) is 0 Å². The van der Waals surface area contributed by atoms with E-state index in [4.69, 9.17) is 4.74 Å². The Balaban J connectivity index is 2.48. The summed E-state index contributed by atoms with van der Waals surface area (Å²) >= 11 is 0. The third-order valence-electron chi connectivity index (χ3n) is 3.11. The zero-order chi connectivity index (χ0) is 10.7. The van der Waals surface area contributed by atoms with Crippen molar-refractivity contribution < 1.29 is 9.53 Å². The Bertz CT molecular complexity index is 205. The molecule has 14 heavy (non-hydrogen) atoms. The van der Waals surface area contributed by atoms with E-state index in [-0.39, 0.29) is 12.1 Å². The molecule has 0 aromatic rings. The molecule has 0 amide bonds. The Morgan fingerprint density at radius 1 is 1.50 bits per heavy atom. The SMILES string of the molecule is CCC(=O)O[C@@H]1C[C@@H](C)N(C)C[C@H]1C. The molecule has 0 aromatic heterocycles. The molecule has 3 nitrogen and oxygen atoms in total. The molecule has 0 N–H and O–H groups in total. The number of piperidine rings is 1.